The summed E-state index contributed by atoms with van der Waals surface area (Å²) in [5, 5.41) is 14.7. The maximum Gasteiger partial charge on any atom is 0.508 e. The van der Waals surface area contributed by atoms with Gasteiger partial charge in [-0.2, -0.15) is 13.2 Å². The normalized spacial score (nSPS) is 14.7. The molecule has 1 saturated heterocycles. The number of H-pyrrole nitrogens is 1. The van der Waals surface area contributed by atoms with Gasteiger partial charge in [0.05, 0.1) is 22.6 Å². The minimum absolute atomic E-state index is 0.0732. The molecule has 1 aliphatic heterocycles. The molecule has 4 rings (SSSR count). The van der Waals surface area contributed by atoms with E-state index in [1.165, 1.54) is 18.2 Å². The van der Waals surface area contributed by atoms with Crippen molar-refractivity contribution in [1.29, 1.82) is 0 Å². The zero-order chi connectivity index (χ0) is 25.2. The van der Waals surface area contributed by atoms with Crippen molar-refractivity contribution in [2.45, 2.75) is 32.0 Å². The summed E-state index contributed by atoms with van der Waals surface area (Å²) in [6.07, 6.45) is -3.79. The van der Waals surface area contributed by atoms with Gasteiger partial charge in [-0.3, -0.25) is 10.1 Å². The molecule has 2 N–H and O–H groups in total. The van der Waals surface area contributed by atoms with E-state index < -0.39 is 28.8 Å². The first-order valence-corrected chi connectivity index (χ1v) is 10.6. The number of imidazole rings is 1. The van der Waals surface area contributed by atoms with E-state index in [-0.39, 0.29) is 41.1 Å². The number of rotatable bonds is 6. The van der Waals surface area contributed by atoms with E-state index in [1.807, 2.05) is 0 Å². The monoisotopic (exact) mass is 495 g/mol. The summed E-state index contributed by atoms with van der Waals surface area (Å²) in [5.74, 6) is -1.20. The molecule has 35 heavy (non-hydrogen) atoms. The quantitative estimate of drug-likeness (QED) is 0.290. The Morgan fingerprint density at radius 2 is 2.06 bits per heavy atom. The predicted molar refractivity (Wildman–Crippen MR) is 116 cm³/mol. The number of nitro groups is 1. The molecule has 0 radical (unpaired) electrons. The number of fused-ring (bicyclic) bond motifs is 1. The van der Waals surface area contributed by atoms with E-state index in [1.54, 1.807) is 11.8 Å². The number of piperidine rings is 1. The topological polar surface area (TPSA) is 148 Å². The third kappa shape index (κ3) is 5.33. The Labute approximate surface area is 195 Å². The van der Waals surface area contributed by atoms with Crippen LogP contribution in [0.5, 0.6) is 0 Å². The first-order chi connectivity index (χ1) is 16.7. The largest absolute Gasteiger partial charge is 0.508 e. The standard InChI is InChI=1S/C20H20F3N7O5/c1-2-34-19(31)35-12-5-7-29(8-6-12)17-15(30(32)33)16(24-10-25-17)26-11-3-4-13-14(9-11)28-18(27-13)20(21,22)23/h3-4,9-10,12H,2,5-8H2,1H3,(H,27,28)(H,24,25,26). The summed E-state index contributed by atoms with van der Waals surface area (Å²) in [6.45, 7) is 2.53. The maximum absolute atomic E-state index is 12.9. The van der Waals surface area contributed by atoms with Crippen LogP contribution in [-0.4, -0.2) is 56.8 Å². The van der Waals surface area contributed by atoms with E-state index in [0.29, 0.717) is 25.9 Å². The molecule has 1 aromatic carbocycles. The smallest absolute Gasteiger partial charge is 0.435 e. The van der Waals surface area contributed by atoms with Gasteiger partial charge >= 0.3 is 18.0 Å². The van der Waals surface area contributed by atoms with Crippen molar-refractivity contribution in [1.82, 2.24) is 19.9 Å². The zero-order valence-corrected chi connectivity index (χ0v) is 18.3. The maximum atomic E-state index is 12.9. The molecule has 0 aliphatic carbocycles. The van der Waals surface area contributed by atoms with Crippen molar-refractivity contribution in [2.75, 3.05) is 29.9 Å². The Balaban J connectivity index is 1.54. The van der Waals surface area contributed by atoms with Crippen LogP contribution in [0.15, 0.2) is 24.5 Å². The molecule has 0 atom stereocenters. The Kier molecular flexibility index (Phi) is 6.57. The molecular weight excluding hydrogens is 475 g/mol. The third-order valence-electron chi connectivity index (χ3n) is 5.27. The molecular formula is C20H20F3N7O5. The van der Waals surface area contributed by atoms with E-state index in [2.05, 4.69) is 25.3 Å². The molecule has 0 saturated carbocycles. The average molecular weight is 495 g/mol. The van der Waals surface area contributed by atoms with Crippen LogP contribution in [0.4, 0.5) is 41.0 Å². The minimum Gasteiger partial charge on any atom is -0.435 e. The molecule has 15 heteroatoms. The molecule has 3 aromatic rings. The van der Waals surface area contributed by atoms with Crippen LogP contribution in [0.2, 0.25) is 0 Å². The summed E-state index contributed by atoms with van der Waals surface area (Å²) in [7, 11) is 0. The fraction of sp³-hybridized carbons (Fsp3) is 0.400. The number of anilines is 3. The van der Waals surface area contributed by atoms with Crippen molar-refractivity contribution in [3.63, 3.8) is 0 Å². The summed E-state index contributed by atoms with van der Waals surface area (Å²) in [4.78, 5) is 38.2. The fourth-order valence-corrected chi connectivity index (χ4v) is 3.69. The van der Waals surface area contributed by atoms with Gasteiger partial charge in [0.15, 0.2) is 0 Å². The highest BCUT2D eigenvalue weighted by Crippen LogP contribution is 2.36. The molecule has 186 valence electrons. The minimum atomic E-state index is -4.64. The number of ether oxygens (including phenoxy) is 2. The van der Waals surface area contributed by atoms with Crippen LogP contribution in [0.1, 0.15) is 25.6 Å². The zero-order valence-electron chi connectivity index (χ0n) is 18.3. The lowest BCUT2D eigenvalue weighted by molar-refractivity contribution is -0.383. The fourth-order valence-electron chi connectivity index (χ4n) is 3.69. The number of aromatic nitrogens is 4. The van der Waals surface area contributed by atoms with Gasteiger partial charge in [0.1, 0.15) is 12.4 Å². The van der Waals surface area contributed by atoms with E-state index in [9.17, 15) is 28.1 Å². The second-order valence-electron chi connectivity index (χ2n) is 7.58. The number of carbonyl (C=O) groups excluding carboxylic acids is 1. The molecule has 0 spiro atoms. The van der Waals surface area contributed by atoms with Gasteiger partial charge in [-0.25, -0.2) is 19.7 Å². The first kappa shape index (κ1) is 24.0. The highest BCUT2D eigenvalue weighted by molar-refractivity contribution is 5.82. The Morgan fingerprint density at radius 1 is 1.31 bits per heavy atom. The summed E-state index contributed by atoms with van der Waals surface area (Å²) in [6, 6.07) is 4.14. The SMILES string of the molecule is CCOC(=O)OC1CCN(c2ncnc(Nc3ccc4nc(C(F)(F)F)[nH]c4c3)c2[N+](=O)[O-])CC1. The number of nitrogens with zero attached hydrogens (tertiary/aromatic N) is 5. The Hall–Kier alpha value is -4.17. The number of hydrogen-bond acceptors (Lipinski definition) is 10. The summed E-state index contributed by atoms with van der Waals surface area (Å²) >= 11 is 0. The number of benzene rings is 1. The van der Waals surface area contributed by atoms with Crippen LogP contribution >= 0.6 is 0 Å². The Morgan fingerprint density at radius 3 is 2.71 bits per heavy atom. The van der Waals surface area contributed by atoms with Crippen LogP contribution in [-0.2, 0) is 15.7 Å². The number of nitrogens with one attached hydrogen (secondary N) is 2. The van der Waals surface area contributed by atoms with E-state index in [4.69, 9.17) is 9.47 Å². The van der Waals surface area contributed by atoms with Gasteiger partial charge < -0.3 is 24.7 Å². The lowest BCUT2D eigenvalue weighted by Crippen LogP contribution is -2.38. The van der Waals surface area contributed by atoms with Crippen LogP contribution in [0, 0.1) is 10.1 Å². The van der Waals surface area contributed by atoms with Gasteiger partial charge in [-0.05, 0) is 25.1 Å². The summed E-state index contributed by atoms with van der Waals surface area (Å²) in [5.41, 5.74) is 0.0682. The molecule has 2 aromatic heterocycles. The highest BCUT2D eigenvalue weighted by Gasteiger charge is 2.35. The van der Waals surface area contributed by atoms with E-state index in [0.717, 1.165) is 6.33 Å². The molecule has 12 nitrogen and oxygen atoms in total. The number of halogens is 3. The number of alkyl halides is 3. The van der Waals surface area contributed by atoms with Gasteiger partial charge in [0, 0.05) is 31.6 Å². The molecule has 3 heterocycles. The molecule has 0 amide bonds. The molecule has 1 aliphatic rings. The van der Waals surface area contributed by atoms with Crippen molar-refractivity contribution in [3.05, 3.63) is 40.5 Å². The first-order valence-electron chi connectivity index (χ1n) is 10.6. The van der Waals surface area contributed by atoms with Crippen molar-refractivity contribution in [2.24, 2.45) is 0 Å². The lowest BCUT2D eigenvalue weighted by atomic mass is 10.1. The predicted octanol–water partition coefficient (Wildman–Crippen LogP) is 4.17. The second-order valence-corrected chi connectivity index (χ2v) is 7.58. The molecule has 1 fully saturated rings. The van der Waals surface area contributed by atoms with Crippen LogP contribution < -0.4 is 10.2 Å². The van der Waals surface area contributed by atoms with Gasteiger partial charge in [-0.1, -0.05) is 0 Å². The summed E-state index contributed by atoms with van der Waals surface area (Å²) < 4.78 is 48.7. The van der Waals surface area contributed by atoms with Crippen LogP contribution in [0.25, 0.3) is 11.0 Å². The number of carbonyl (C=O) groups is 1. The van der Waals surface area contributed by atoms with Crippen molar-refractivity contribution >= 4 is 40.2 Å². The third-order valence-corrected chi connectivity index (χ3v) is 5.27. The van der Waals surface area contributed by atoms with Gasteiger partial charge in [-0.15, -0.1) is 0 Å². The molecule has 0 unspecified atom stereocenters. The number of aromatic amines is 1. The lowest BCUT2D eigenvalue weighted by Gasteiger charge is -2.31. The number of hydrogen-bond donors (Lipinski definition) is 2. The average Bonchev–Trinajstić information content (AvgIpc) is 3.24. The van der Waals surface area contributed by atoms with Crippen molar-refractivity contribution in [3.8, 4) is 0 Å². The Bertz CT molecular complexity index is 1240. The van der Waals surface area contributed by atoms with E-state index >= 15 is 0 Å². The van der Waals surface area contributed by atoms with Gasteiger partial charge in [0.2, 0.25) is 17.5 Å². The van der Waals surface area contributed by atoms with Crippen LogP contribution in [0.3, 0.4) is 0 Å². The van der Waals surface area contributed by atoms with Crippen molar-refractivity contribution < 1.29 is 32.4 Å². The highest BCUT2D eigenvalue weighted by atomic mass is 19.4. The van der Waals surface area contributed by atoms with Gasteiger partial charge in [0.25, 0.3) is 0 Å². The second kappa shape index (κ2) is 9.60. The molecule has 0 bridgehead atoms.